The molecule has 0 aliphatic carbocycles. The summed E-state index contributed by atoms with van der Waals surface area (Å²) in [6, 6.07) is 3.48. The van der Waals surface area contributed by atoms with Crippen molar-refractivity contribution >= 4 is 11.9 Å². The number of oxime groups is 1. The molecular weight excluding hydrogens is 238 g/mol. The summed E-state index contributed by atoms with van der Waals surface area (Å²) in [7, 11) is 0. The molecule has 0 bridgehead atoms. The van der Waals surface area contributed by atoms with Gasteiger partial charge in [0.1, 0.15) is 12.3 Å². The van der Waals surface area contributed by atoms with E-state index in [0.717, 1.165) is 5.56 Å². The van der Waals surface area contributed by atoms with Crippen molar-refractivity contribution in [2.45, 2.75) is 6.54 Å². The Morgan fingerprint density at radius 3 is 3.00 bits per heavy atom. The Hall–Kier alpha value is -2.35. The van der Waals surface area contributed by atoms with Crippen LogP contribution in [0.4, 0.5) is 4.79 Å². The number of rotatable bonds is 6. The van der Waals surface area contributed by atoms with Crippen molar-refractivity contribution in [3.8, 4) is 0 Å². The highest BCUT2D eigenvalue weighted by Gasteiger charge is 2.02. The second-order valence-corrected chi connectivity index (χ2v) is 3.38. The maximum absolute atomic E-state index is 10.3. The average Bonchev–Trinajstić information content (AvgIpc) is 2.37. The minimum Gasteiger partial charge on any atom is -0.448 e. The first-order chi connectivity index (χ1) is 8.63. The minimum atomic E-state index is -0.796. The van der Waals surface area contributed by atoms with Gasteiger partial charge in [-0.2, -0.15) is 0 Å². The van der Waals surface area contributed by atoms with Gasteiger partial charge in [0, 0.05) is 19.3 Å². The molecule has 8 heteroatoms. The van der Waals surface area contributed by atoms with E-state index in [4.69, 9.17) is 16.7 Å². The van der Waals surface area contributed by atoms with Crippen LogP contribution >= 0.6 is 0 Å². The lowest BCUT2D eigenvalue weighted by molar-refractivity contribution is 0.157. The van der Waals surface area contributed by atoms with E-state index < -0.39 is 6.09 Å². The van der Waals surface area contributed by atoms with Crippen molar-refractivity contribution in [1.29, 1.82) is 0 Å². The van der Waals surface area contributed by atoms with Crippen molar-refractivity contribution < 1.29 is 14.7 Å². The number of primary amides is 1. The minimum absolute atomic E-state index is 0.0473. The smallest absolute Gasteiger partial charge is 0.404 e. The molecule has 0 spiro atoms. The van der Waals surface area contributed by atoms with Gasteiger partial charge in [0.25, 0.3) is 0 Å². The molecule has 98 valence electrons. The number of amidine groups is 1. The SMILES string of the molecule is NC(=O)OCCNCc1ccnc(/C(N)=N/O)c1. The molecule has 1 amide bonds. The Morgan fingerprint density at radius 1 is 1.56 bits per heavy atom. The van der Waals surface area contributed by atoms with Gasteiger partial charge >= 0.3 is 6.09 Å². The number of hydrogen-bond acceptors (Lipinski definition) is 6. The monoisotopic (exact) mass is 253 g/mol. The van der Waals surface area contributed by atoms with Crippen molar-refractivity contribution in [3.63, 3.8) is 0 Å². The zero-order chi connectivity index (χ0) is 13.4. The summed E-state index contributed by atoms with van der Waals surface area (Å²) in [5, 5.41) is 14.4. The molecule has 0 atom stereocenters. The number of pyridine rings is 1. The Kier molecular flexibility index (Phi) is 5.39. The first kappa shape index (κ1) is 13.7. The molecule has 0 aromatic carbocycles. The summed E-state index contributed by atoms with van der Waals surface area (Å²) in [5.74, 6) is -0.0473. The summed E-state index contributed by atoms with van der Waals surface area (Å²) in [5.41, 5.74) is 11.5. The fourth-order valence-electron chi connectivity index (χ4n) is 1.23. The summed E-state index contributed by atoms with van der Waals surface area (Å²) in [4.78, 5) is 14.2. The molecule has 18 heavy (non-hydrogen) atoms. The zero-order valence-electron chi connectivity index (χ0n) is 9.67. The Morgan fingerprint density at radius 2 is 2.33 bits per heavy atom. The van der Waals surface area contributed by atoms with E-state index in [1.165, 1.54) is 0 Å². The molecule has 1 aromatic rings. The second kappa shape index (κ2) is 7.07. The van der Waals surface area contributed by atoms with E-state index in [-0.39, 0.29) is 12.4 Å². The van der Waals surface area contributed by atoms with Gasteiger partial charge in [0.05, 0.1) is 0 Å². The van der Waals surface area contributed by atoms with E-state index in [2.05, 4.69) is 20.2 Å². The average molecular weight is 253 g/mol. The lowest BCUT2D eigenvalue weighted by atomic mass is 10.2. The lowest BCUT2D eigenvalue weighted by Gasteiger charge is -2.06. The highest BCUT2D eigenvalue weighted by molar-refractivity contribution is 5.95. The molecule has 0 fully saturated rings. The largest absolute Gasteiger partial charge is 0.448 e. The normalized spacial score (nSPS) is 11.2. The van der Waals surface area contributed by atoms with Gasteiger partial charge in [-0.05, 0) is 17.7 Å². The third kappa shape index (κ3) is 4.66. The van der Waals surface area contributed by atoms with Crippen molar-refractivity contribution in [2.24, 2.45) is 16.6 Å². The van der Waals surface area contributed by atoms with Gasteiger partial charge in [-0.1, -0.05) is 5.16 Å². The summed E-state index contributed by atoms with van der Waals surface area (Å²) < 4.78 is 4.55. The van der Waals surface area contributed by atoms with E-state index in [1.54, 1.807) is 18.3 Å². The Bertz CT molecular complexity index is 435. The van der Waals surface area contributed by atoms with E-state index in [9.17, 15) is 4.79 Å². The van der Waals surface area contributed by atoms with Gasteiger partial charge in [-0.3, -0.25) is 4.98 Å². The number of nitrogens with one attached hydrogen (secondary N) is 1. The van der Waals surface area contributed by atoms with Crippen LogP contribution in [0.2, 0.25) is 0 Å². The molecule has 6 N–H and O–H groups in total. The Balaban J connectivity index is 2.41. The van der Waals surface area contributed by atoms with E-state index in [0.29, 0.717) is 18.8 Å². The van der Waals surface area contributed by atoms with E-state index >= 15 is 0 Å². The van der Waals surface area contributed by atoms with Crippen LogP contribution in [0.25, 0.3) is 0 Å². The molecule has 0 aliphatic rings. The van der Waals surface area contributed by atoms with Gasteiger partial charge in [0.2, 0.25) is 0 Å². The Labute approximate surface area is 104 Å². The topological polar surface area (TPSA) is 136 Å². The molecular formula is C10H15N5O3. The van der Waals surface area contributed by atoms with E-state index in [1.807, 2.05) is 0 Å². The van der Waals surface area contributed by atoms with Crippen LogP contribution < -0.4 is 16.8 Å². The molecule has 0 radical (unpaired) electrons. The molecule has 0 saturated heterocycles. The number of aromatic nitrogens is 1. The standard InChI is InChI=1S/C10H15N5O3/c11-9(15-17)8-5-7(1-2-14-8)6-13-3-4-18-10(12)16/h1-2,5,13,17H,3-4,6H2,(H2,11,15)(H2,12,16). The first-order valence-electron chi connectivity index (χ1n) is 5.19. The molecule has 1 heterocycles. The molecule has 1 aromatic heterocycles. The lowest BCUT2D eigenvalue weighted by Crippen LogP contribution is -2.23. The van der Waals surface area contributed by atoms with Crippen LogP contribution in [0, 0.1) is 0 Å². The maximum Gasteiger partial charge on any atom is 0.404 e. The molecule has 8 nitrogen and oxygen atoms in total. The van der Waals surface area contributed by atoms with Crippen LogP contribution in [0.5, 0.6) is 0 Å². The van der Waals surface area contributed by atoms with Gasteiger partial charge in [0.15, 0.2) is 5.84 Å². The van der Waals surface area contributed by atoms with Crippen LogP contribution in [0.3, 0.4) is 0 Å². The number of nitrogens with two attached hydrogens (primary N) is 2. The van der Waals surface area contributed by atoms with Gasteiger partial charge < -0.3 is 26.7 Å². The third-order valence-corrected chi connectivity index (χ3v) is 2.05. The number of amides is 1. The first-order valence-corrected chi connectivity index (χ1v) is 5.19. The summed E-state index contributed by atoms with van der Waals surface area (Å²) in [6.07, 6.45) is 0.763. The molecule has 1 rings (SSSR count). The van der Waals surface area contributed by atoms with Crippen molar-refractivity contribution in [2.75, 3.05) is 13.2 Å². The highest BCUT2D eigenvalue weighted by atomic mass is 16.5. The second-order valence-electron chi connectivity index (χ2n) is 3.38. The van der Waals surface area contributed by atoms with Crippen molar-refractivity contribution in [1.82, 2.24) is 10.3 Å². The zero-order valence-corrected chi connectivity index (χ0v) is 9.67. The predicted molar refractivity (Wildman–Crippen MR) is 64.0 cm³/mol. The van der Waals surface area contributed by atoms with Crippen molar-refractivity contribution in [3.05, 3.63) is 29.6 Å². The van der Waals surface area contributed by atoms with Crippen LogP contribution in [0.1, 0.15) is 11.3 Å². The predicted octanol–water partition coefficient (Wildman–Crippen LogP) is -0.639. The molecule has 0 unspecified atom stereocenters. The number of ether oxygens (including phenoxy) is 1. The summed E-state index contributed by atoms with van der Waals surface area (Å²) in [6.45, 7) is 1.22. The van der Waals surface area contributed by atoms with Gasteiger partial charge in [-0.25, -0.2) is 4.79 Å². The quantitative estimate of drug-likeness (QED) is 0.175. The highest BCUT2D eigenvalue weighted by Crippen LogP contribution is 2.01. The van der Waals surface area contributed by atoms with Crippen LogP contribution in [-0.2, 0) is 11.3 Å². The maximum atomic E-state index is 10.3. The number of hydrogen-bond donors (Lipinski definition) is 4. The third-order valence-electron chi connectivity index (χ3n) is 2.05. The van der Waals surface area contributed by atoms with Gasteiger partial charge in [-0.15, -0.1) is 0 Å². The fourth-order valence-corrected chi connectivity index (χ4v) is 1.23. The number of carbonyl (C=O) groups is 1. The van der Waals surface area contributed by atoms with Crippen LogP contribution in [0.15, 0.2) is 23.5 Å². The summed E-state index contributed by atoms with van der Waals surface area (Å²) >= 11 is 0. The molecule has 0 aliphatic heterocycles. The fraction of sp³-hybridized carbons (Fsp3) is 0.300. The number of nitrogens with zero attached hydrogens (tertiary/aromatic N) is 2. The number of carbonyl (C=O) groups excluding carboxylic acids is 1. The molecule has 0 saturated carbocycles. The van der Waals surface area contributed by atoms with Crippen LogP contribution in [-0.4, -0.2) is 35.3 Å².